The smallest absolute Gasteiger partial charge is 0.203 e. The van der Waals surface area contributed by atoms with Crippen molar-refractivity contribution in [3.8, 4) is 23.0 Å². The third-order valence-corrected chi connectivity index (χ3v) is 4.18. The summed E-state index contributed by atoms with van der Waals surface area (Å²) in [5.41, 5.74) is 0.937. The molecule has 2 aromatic carbocycles. The number of rotatable bonds is 10. The van der Waals surface area contributed by atoms with Gasteiger partial charge in [0.05, 0.1) is 34.4 Å². The van der Waals surface area contributed by atoms with E-state index in [1.165, 1.54) is 0 Å². The molecule has 2 rings (SSSR count). The minimum atomic E-state index is 0. The van der Waals surface area contributed by atoms with Gasteiger partial charge in [-0.05, 0) is 42.8 Å². The number of halogens is 2. The molecule has 166 valence electrons. The third kappa shape index (κ3) is 7.98. The molecule has 0 radical (unpaired) electrons. The Morgan fingerprint density at radius 3 is 2.27 bits per heavy atom. The Kier molecular flexibility index (Phi) is 12.1. The standard InChI is InChI=1S/C21H28ClN3O4.HI/c1-5-23-21(24-9-10-29-17-8-6-7-16(22)13-17)25-14-15-11-18(26-2)20(28-4)19(12-15)27-3;/h6-8,11-13H,5,9-10,14H2,1-4H3,(H2,23,24,25);1H. The van der Waals surface area contributed by atoms with Crippen LogP contribution in [0, 0.1) is 0 Å². The van der Waals surface area contributed by atoms with E-state index >= 15 is 0 Å². The van der Waals surface area contributed by atoms with E-state index in [9.17, 15) is 0 Å². The Hall–Kier alpha value is -2.07. The van der Waals surface area contributed by atoms with E-state index in [0.717, 1.165) is 17.9 Å². The normalized spacial score (nSPS) is 10.6. The molecule has 0 spiro atoms. The van der Waals surface area contributed by atoms with Crippen LogP contribution in [0.3, 0.4) is 0 Å². The van der Waals surface area contributed by atoms with Crippen molar-refractivity contribution in [2.24, 2.45) is 4.99 Å². The van der Waals surface area contributed by atoms with Crippen LogP contribution in [0.5, 0.6) is 23.0 Å². The zero-order valence-corrected chi connectivity index (χ0v) is 20.7. The van der Waals surface area contributed by atoms with Crippen molar-refractivity contribution in [2.75, 3.05) is 41.0 Å². The average molecular weight is 550 g/mol. The molecule has 0 aromatic heterocycles. The fraction of sp³-hybridized carbons (Fsp3) is 0.381. The minimum absolute atomic E-state index is 0. The van der Waals surface area contributed by atoms with Crippen molar-refractivity contribution in [2.45, 2.75) is 13.5 Å². The number of aliphatic imine (C=N–C) groups is 1. The molecule has 30 heavy (non-hydrogen) atoms. The van der Waals surface area contributed by atoms with E-state index in [-0.39, 0.29) is 24.0 Å². The van der Waals surface area contributed by atoms with E-state index in [1.54, 1.807) is 27.4 Å². The molecule has 0 fully saturated rings. The van der Waals surface area contributed by atoms with Crippen molar-refractivity contribution >= 4 is 41.5 Å². The van der Waals surface area contributed by atoms with Gasteiger partial charge in [-0.25, -0.2) is 4.99 Å². The maximum absolute atomic E-state index is 5.96. The van der Waals surface area contributed by atoms with E-state index in [2.05, 4.69) is 15.6 Å². The SMILES string of the molecule is CCNC(=NCc1cc(OC)c(OC)c(OC)c1)NCCOc1cccc(Cl)c1.I. The molecule has 2 N–H and O–H groups in total. The zero-order valence-electron chi connectivity index (χ0n) is 17.7. The number of ether oxygens (including phenoxy) is 4. The quantitative estimate of drug-likeness (QED) is 0.201. The van der Waals surface area contributed by atoms with Crippen LogP contribution >= 0.6 is 35.6 Å². The van der Waals surface area contributed by atoms with Crippen LogP contribution in [0.4, 0.5) is 0 Å². The van der Waals surface area contributed by atoms with Gasteiger partial charge in [0.2, 0.25) is 5.75 Å². The van der Waals surface area contributed by atoms with Crippen molar-refractivity contribution < 1.29 is 18.9 Å². The molecule has 0 heterocycles. The molecule has 0 bridgehead atoms. The summed E-state index contributed by atoms with van der Waals surface area (Å²) >= 11 is 5.96. The summed E-state index contributed by atoms with van der Waals surface area (Å²) in [6.07, 6.45) is 0. The van der Waals surface area contributed by atoms with Gasteiger partial charge in [-0.1, -0.05) is 17.7 Å². The molecule has 0 aliphatic heterocycles. The first kappa shape index (κ1) is 26.0. The average Bonchev–Trinajstić information content (AvgIpc) is 2.74. The number of hydrogen-bond acceptors (Lipinski definition) is 5. The maximum Gasteiger partial charge on any atom is 0.203 e. The van der Waals surface area contributed by atoms with Crippen LogP contribution in [0.25, 0.3) is 0 Å². The summed E-state index contributed by atoms with van der Waals surface area (Å²) in [5, 5.41) is 7.11. The predicted molar refractivity (Wildman–Crippen MR) is 131 cm³/mol. The second-order valence-electron chi connectivity index (χ2n) is 5.96. The van der Waals surface area contributed by atoms with Crippen molar-refractivity contribution in [3.05, 3.63) is 47.0 Å². The van der Waals surface area contributed by atoms with E-state index in [1.807, 2.05) is 37.3 Å². The second kappa shape index (κ2) is 14.0. The molecule has 0 unspecified atom stereocenters. The summed E-state index contributed by atoms with van der Waals surface area (Å²) in [6, 6.07) is 11.1. The van der Waals surface area contributed by atoms with Gasteiger partial charge in [0.25, 0.3) is 0 Å². The Labute approximate surface area is 200 Å². The summed E-state index contributed by atoms with van der Waals surface area (Å²) in [7, 11) is 4.77. The topological polar surface area (TPSA) is 73.3 Å². The van der Waals surface area contributed by atoms with Crippen molar-refractivity contribution in [1.29, 1.82) is 0 Å². The molecule has 0 aliphatic rings. The number of nitrogens with zero attached hydrogens (tertiary/aromatic N) is 1. The molecule has 0 saturated carbocycles. The highest BCUT2D eigenvalue weighted by atomic mass is 127. The molecule has 0 saturated heterocycles. The zero-order chi connectivity index (χ0) is 21.1. The molecule has 0 aliphatic carbocycles. The number of hydrogen-bond donors (Lipinski definition) is 2. The highest BCUT2D eigenvalue weighted by molar-refractivity contribution is 14.0. The second-order valence-corrected chi connectivity index (χ2v) is 6.40. The number of benzene rings is 2. The highest BCUT2D eigenvalue weighted by Gasteiger charge is 2.13. The van der Waals surface area contributed by atoms with Gasteiger partial charge in [-0.15, -0.1) is 24.0 Å². The predicted octanol–water partition coefficient (Wildman–Crippen LogP) is 4.12. The van der Waals surface area contributed by atoms with Crippen LogP contribution in [0.2, 0.25) is 5.02 Å². The Morgan fingerprint density at radius 2 is 1.70 bits per heavy atom. The van der Waals surface area contributed by atoms with Gasteiger partial charge in [0, 0.05) is 11.6 Å². The Morgan fingerprint density at radius 1 is 1.00 bits per heavy atom. The first-order valence-corrected chi connectivity index (χ1v) is 9.68. The molecule has 2 aromatic rings. The minimum Gasteiger partial charge on any atom is -0.493 e. The lowest BCUT2D eigenvalue weighted by Gasteiger charge is -2.14. The van der Waals surface area contributed by atoms with Gasteiger partial charge in [-0.2, -0.15) is 0 Å². The molecule has 0 amide bonds. The summed E-state index contributed by atoms with van der Waals surface area (Å²) < 4.78 is 21.8. The first-order valence-electron chi connectivity index (χ1n) is 9.30. The summed E-state index contributed by atoms with van der Waals surface area (Å²) in [5.74, 6) is 3.19. The lowest BCUT2D eigenvalue weighted by molar-refractivity contribution is 0.322. The number of guanidine groups is 1. The van der Waals surface area contributed by atoms with E-state index in [4.69, 9.17) is 30.5 Å². The highest BCUT2D eigenvalue weighted by Crippen LogP contribution is 2.38. The van der Waals surface area contributed by atoms with Crippen LogP contribution in [-0.2, 0) is 6.54 Å². The monoisotopic (exact) mass is 549 g/mol. The largest absolute Gasteiger partial charge is 0.493 e. The molecular formula is C21H29ClIN3O4. The maximum atomic E-state index is 5.96. The summed E-state index contributed by atoms with van der Waals surface area (Å²) in [4.78, 5) is 4.61. The van der Waals surface area contributed by atoms with Gasteiger partial charge in [0.15, 0.2) is 17.5 Å². The lowest BCUT2D eigenvalue weighted by atomic mass is 10.2. The van der Waals surface area contributed by atoms with Crippen LogP contribution in [0.1, 0.15) is 12.5 Å². The van der Waals surface area contributed by atoms with Crippen LogP contribution in [-0.4, -0.2) is 47.0 Å². The van der Waals surface area contributed by atoms with Gasteiger partial charge < -0.3 is 29.6 Å². The molecule has 9 heteroatoms. The number of methoxy groups -OCH3 is 3. The molecular weight excluding hydrogens is 521 g/mol. The summed E-state index contributed by atoms with van der Waals surface area (Å²) in [6.45, 7) is 4.28. The van der Waals surface area contributed by atoms with Gasteiger partial charge in [0.1, 0.15) is 12.4 Å². The van der Waals surface area contributed by atoms with E-state index in [0.29, 0.717) is 47.9 Å². The van der Waals surface area contributed by atoms with Gasteiger partial charge in [-0.3, -0.25) is 0 Å². The van der Waals surface area contributed by atoms with Crippen LogP contribution in [0.15, 0.2) is 41.4 Å². The van der Waals surface area contributed by atoms with E-state index < -0.39 is 0 Å². The molecule has 7 nitrogen and oxygen atoms in total. The molecule has 0 atom stereocenters. The van der Waals surface area contributed by atoms with Crippen molar-refractivity contribution in [1.82, 2.24) is 10.6 Å². The van der Waals surface area contributed by atoms with Crippen molar-refractivity contribution in [3.63, 3.8) is 0 Å². The fourth-order valence-electron chi connectivity index (χ4n) is 2.63. The Bertz CT molecular complexity index is 796. The first-order chi connectivity index (χ1) is 14.1. The van der Waals surface area contributed by atoms with Gasteiger partial charge >= 0.3 is 0 Å². The Balaban J connectivity index is 0.00000450. The lowest BCUT2D eigenvalue weighted by Crippen LogP contribution is -2.39. The number of nitrogens with one attached hydrogen (secondary N) is 2. The third-order valence-electron chi connectivity index (χ3n) is 3.95. The fourth-order valence-corrected chi connectivity index (χ4v) is 2.81. The van der Waals surface area contributed by atoms with Crippen LogP contribution < -0.4 is 29.6 Å².